The van der Waals surface area contributed by atoms with Gasteiger partial charge in [-0.3, -0.25) is 9.59 Å². The summed E-state index contributed by atoms with van der Waals surface area (Å²) < 4.78 is 17.1. The van der Waals surface area contributed by atoms with Crippen LogP contribution >= 0.6 is 24.0 Å². The summed E-state index contributed by atoms with van der Waals surface area (Å²) in [5.41, 5.74) is 0.651. The zero-order valence-electron chi connectivity index (χ0n) is 16.6. The molecule has 0 saturated carbocycles. The average Bonchev–Trinajstić information content (AvgIpc) is 3.04. The molecule has 3 rings (SSSR count). The maximum atomic E-state index is 11.9. The second-order valence-electron chi connectivity index (χ2n) is 6.81. The van der Waals surface area contributed by atoms with Crippen molar-refractivity contribution in [2.75, 3.05) is 13.7 Å². The van der Waals surface area contributed by atoms with Gasteiger partial charge in [0.2, 0.25) is 12.2 Å². The number of hydrogen-bond donors (Lipinski definition) is 5. The molecule has 0 aliphatic carbocycles. The number of nitrogens with one attached hydrogen (secondary N) is 2. The van der Waals surface area contributed by atoms with Crippen molar-refractivity contribution in [1.82, 2.24) is 10.6 Å². The Balaban J connectivity index is 1.85. The third kappa shape index (κ3) is 5.34. The molecule has 2 aliphatic rings. The van der Waals surface area contributed by atoms with Crippen LogP contribution in [-0.4, -0.2) is 75.8 Å². The first-order valence-corrected chi connectivity index (χ1v) is 10.4. The first-order valence-electron chi connectivity index (χ1n) is 9.22. The second-order valence-corrected chi connectivity index (χ2v) is 8.53. The highest BCUT2D eigenvalue weighted by Crippen LogP contribution is 2.34. The van der Waals surface area contributed by atoms with E-state index in [9.17, 15) is 24.9 Å². The first-order chi connectivity index (χ1) is 14.7. The zero-order valence-corrected chi connectivity index (χ0v) is 18.2. The van der Waals surface area contributed by atoms with Crippen LogP contribution in [0.4, 0.5) is 0 Å². The van der Waals surface area contributed by atoms with Gasteiger partial charge in [-0.1, -0.05) is 30.0 Å². The van der Waals surface area contributed by atoms with Gasteiger partial charge in [-0.2, -0.15) is 0 Å². The summed E-state index contributed by atoms with van der Waals surface area (Å²) in [6.45, 7) is 0.691. The number of methoxy groups -OCH3 is 1. The van der Waals surface area contributed by atoms with Crippen LogP contribution < -0.4 is 20.1 Å². The highest BCUT2D eigenvalue weighted by molar-refractivity contribution is 8.26. The van der Waals surface area contributed by atoms with E-state index in [1.54, 1.807) is 24.3 Å². The Labute approximate surface area is 187 Å². The molecular weight excluding hydrogens is 448 g/mol. The van der Waals surface area contributed by atoms with Crippen LogP contribution in [-0.2, 0) is 14.3 Å². The second kappa shape index (κ2) is 9.94. The van der Waals surface area contributed by atoms with Crippen molar-refractivity contribution in [2.24, 2.45) is 0 Å². The number of carbonyl (C=O) groups excluding carboxylic acids is 2. The minimum atomic E-state index is -1.43. The van der Waals surface area contributed by atoms with E-state index in [0.29, 0.717) is 20.5 Å². The van der Waals surface area contributed by atoms with Crippen LogP contribution in [0.3, 0.4) is 0 Å². The van der Waals surface area contributed by atoms with E-state index in [0.717, 1.165) is 11.8 Å². The Morgan fingerprint density at radius 3 is 2.68 bits per heavy atom. The van der Waals surface area contributed by atoms with Crippen LogP contribution in [0.15, 0.2) is 23.1 Å². The molecule has 10 nitrogen and oxygen atoms in total. The molecule has 1 aromatic carbocycles. The number of thioether (sulfide) groups is 1. The van der Waals surface area contributed by atoms with Gasteiger partial charge in [0.25, 0.3) is 5.91 Å². The molecule has 31 heavy (non-hydrogen) atoms. The van der Waals surface area contributed by atoms with Gasteiger partial charge in [0, 0.05) is 6.92 Å². The molecule has 5 atom stereocenters. The van der Waals surface area contributed by atoms with E-state index in [1.165, 1.54) is 14.0 Å². The zero-order chi connectivity index (χ0) is 22.7. The number of thiocarbonyl (C=S) groups is 1. The van der Waals surface area contributed by atoms with Crippen molar-refractivity contribution < 1.29 is 39.1 Å². The monoisotopic (exact) mass is 470 g/mol. The van der Waals surface area contributed by atoms with Gasteiger partial charge in [-0.05, 0) is 23.8 Å². The van der Waals surface area contributed by atoms with Crippen LogP contribution in [0.5, 0.6) is 11.5 Å². The molecule has 2 heterocycles. The molecule has 0 bridgehead atoms. The lowest BCUT2D eigenvalue weighted by molar-refractivity contribution is -0.244. The normalized spacial score (nSPS) is 29.6. The minimum absolute atomic E-state index is 0.226. The van der Waals surface area contributed by atoms with E-state index >= 15 is 0 Å². The molecule has 1 aromatic rings. The van der Waals surface area contributed by atoms with Gasteiger partial charge in [-0.25, -0.2) is 0 Å². The van der Waals surface area contributed by atoms with Crippen LogP contribution in [0.25, 0.3) is 6.08 Å². The Hall–Kier alpha value is -2.22. The molecule has 2 aliphatic heterocycles. The molecule has 0 unspecified atom stereocenters. The summed E-state index contributed by atoms with van der Waals surface area (Å²) in [4.78, 5) is 23.8. The van der Waals surface area contributed by atoms with Crippen LogP contribution in [0.2, 0.25) is 0 Å². The summed E-state index contributed by atoms with van der Waals surface area (Å²) in [6.07, 6.45) is -3.53. The van der Waals surface area contributed by atoms with Crippen molar-refractivity contribution in [2.45, 2.75) is 37.6 Å². The van der Waals surface area contributed by atoms with Gasteiger partial charge in [0.1, 0.15) is 28.7 Å². The van der Waals surface area contributed by atoms with Crippen molar-refractivity contribution in [3.05, 3.63) is 28.7 Å². The fourth-order valence-corrected chi connectivity index (χ4v) is 4.18. The van der Waals surface area contributed by atoms with Crippen LogP contribution in [0, 0.1) is 0 Å². The minimum Gasteiger partial charge on any atom is -0.493 e. The van der Waals surface area contributed by atoms with E-state index in [1.807, 2.05) is 0 Å². The van der Waals surface area contributed by atoms with Gasteiger partial charge in [-0.15, -0.1) is 0 Å². The van der Waals surface area contributed by atoms with Gasteiger partial charge >= 0.3 is 0 Å². The Morgan fingerprint density at radius 1 is 1.35 bits per heavy atom. The fourth-order valence-electron chi connectivity index (χ4n) is 3.14. The lowest BCUT2D eigenvalue weighted by atomic mass is 9.97. The Kier molecular flexibility index (Phi) is 7.51. The fraction of sp³-hybridized carbons (Fsp3) is 0.421. The number of aliphatic hydroxyl groups excluding tert-OH is 3. The SMILES string of the molecule is COc1cc(C=C2SC(=S)NC2=O)ccc1O[C@@H]1O[C@H](CO)[C@@H](O)[C@H](O)[C@H]1NC(C)=O. The smallest absolute Gasteiger partial charge is 0.263 e. The number of benzene rings is 1. The van der Waals surface area contributed by atoms with Crippen molar-refractivity contribution in [3.63, 3.8) is 0 Å². The summed E-state index contributed by atoms with van der Waals surface area (Å²) in [6, 6.07) is 3.77. The summed E-state index contributed by atoms with van der Waals surface area (Å²) in [5.74, 6) is -0.225. The standard InChI is InChI=1S/C19H22N2O8S2/c1-8(23)20-14-16(25)15(24)12(7-22)29-18(14)28-10-4-3-9(5-11(10)27-2)6-13-17(26)21-19(30)31-13/h3-6,12,14-16,18,22,24-25H,7H2,1-2H3,(H,20,23)(H,21,26,30)/t12-,14-,15-,16-,18-/m1/s1. The van der Waals surface area contributed by atoms with E-state index in [2.05, 4.69) is 10.6 Å². The lowest BCUT2D eigenvalue weighted by Crippen LogP contribution is -2.65. The Bertz CT molecular complexity index is 909. The third-order valence-electron chi connectivity index (χ3n) is 4.62. The number of ether oxygens (including phenoxy) is 3. The molecule has 0 aromatic heterocycles. The molecule has 168 valence electrons. The number of rotatable bonds is 6. The van der Waals surface area contributed by atoms with Gasteiger partial charge in [0.05, 0.1) is 18.6 Å². The maximum absolute atomic E-state index is 11.9. The molecule has 2 fully saturated rings. The molecule has 12 heteroatoms. The predicted molar refractivity (Wildman–Crippen MR) is 115 cm³/mol. The van der Waals surface area contributed by atoms with Gasteiger partial charge in [0.15, 0.2) is 11.5 Å². The number of carbonyl (C=O) groups is 2. The summed E-state index contributed by atoms with van der Waals surface area (Å²) in [5, 5.41) is 34.9. The maximum Gasteiger partial charge on any atom is 0.263 e. The van der Waals surface area contributed by atoms with E-state index < -0.39 is 43.2 Å². The highest BCUT2D eigenvalue weighted by atomic mass is 32.2. The summed E-state index contributed by atoms with van der Waals surface area (Å²) in [7, 11) is 1.42. The first kappa shape index (κ1) is 23.4. The van der Waals surface area contributed by atoms with Gasteiger partial charge < -0.3 is 40.2 Å². The van der Waals surface area contributed by atoms with Crippen LogP contribution in [0.1, 0.15) is 12.5 Å². The number of amides is 2. The molecular formula is C19H22N2O8S2. The van der Waals surface area contributed by atoms with Crippen molar-refractivity contribution in [3.8, 4) is 11.5 Å². The Morgan fingerprint density at radius 2 is 2.10 bits per heavy atom. The largest absolute Gasteiger partial charge is 0.493 e. The predicted octanol–water partition coefficient (Wildman–Crippen LogP) is -0.494. The quantitative estimate of drug-likeness (QED) is 0.272. The summed E-state index contributed by atoms with van der Waals surface area (Å²) >= 11 is 6.12. The molecule has 2 saturated heterocycles. The highest BCUT2D eigenvalue weighted by Gasteiger charge is 2.46. The lowest BCUT2D eigenvalue weighted by Gasteiger charge is -2.42. The van der Waals surface area contributed by atoms with E-state index in [4.69, 9.17) is 26.4 Å². The molecule has 5 N–H and O–H groups in total. The van der Waals surface area contributed by atoms with Crippen molar-refractivity contribution in [1.29, 1.82) is 0 Å². The van der Waals surface area contributed by atoms with E-state index in [-0.39, 0.29) is 11.7 Å². The molecule has 2 amide bonds. The van der Waals surface area contributed by atoms with Crippen molar-refractivity contribution >= 4 is 46.2 Å². The molecule has 0 spiro atoms. The molecule has 0 radical (unpaired) electrons. The topological polar surface area (TPSA) is 147 Å². The number of hydrogen-bond acceptors (Lipinski definition) is 10. The third-order valence-corrected chi connectivity index (χ3v) is 5.78. The average molecular weight is 471 g/mol. The number of aliphatic hydroxyl groups is 3.